The van der Waals surface area contributed by atoms with Gasteiger partial charge in [0.05, 0.1) is 19.8 Å². The number of ether oxygens (including phenoxy) is 3. The molecule has 1 heterocycles. The summed E-state index contributed by atoms with van der Waals surface area (Å²) in [6.07, 6.45) is 9.68. The summed E-state index contributed by atoms with van der Waals surface area (Å²) in [5.74, 6) is 3.10. The molecule has 1 saturated carbocycles. The lowest BCUT2D eigenvalue weighted by molar-refractivity contribution is 0.201. The third kappa shape index (κ3) is 6.43. The highest BCUT2D eigenvalue weighted by atomic mass is 16.5. The zero-order valence-electron chi connectivity index (χ0n) is 20.6. The minimum absolute atomic E-state index is 0.262. The van der Waals surface area contributed by atoms with Crippen LogP contribution in [-0.2, 0) is 6.54 Å². The first-order valence-corrected chi connectivity index (χ1v) is 12.4. The summed E-state index contributed by atoms with van der Waals surface area (Å²) in [6, 6.07) is 18.6. The molecular formula is C29H36N2O3. The van der Waals surface area contributed by atoms with Crippen LogP contribution in [0.3, 0.4) is 0 Å². The second kappa shape index (κ2) is 11.8. The summed E-state index contributed by atoms with van der Waals surface area (Å²) in [6.45, 7) is 5.85. The average Bonchev–Trinajstić information content (AvgIpc) is 3.37. The van der Waals surface area contributed by atoms with Crippen LogP contribution in [0.25, 0.3) is 0 Å². The van der Waals surface area contributed by atoms with Gasteiger partial charge in [0.1, 0.15) is 5.75 Å². The molecule has 0 unspecified atom stereocenters. The number of aromatic nitrogens is 1. The number of hydrogen-bond acceptors (Lipinski definition) is 5. The van der Waals surface area contributed by atoms with Crippen LogP contribution < -0.4 is 19.1 Å². The van der Waals surface area contributed by atoms with Crippen LogP contribution in [0.1, 0.15) is 51.5 Å². The Bertz CT molecular complexity index is 1020. The quantitative estimate of drug-likeness (QED) is 0.303. The minimum Gasteiger partial charge on any atom is -0.494 e. The van der Waals surface area contributed by atoms with Gasteiger partial charge < -0.3 is 19.1 Å². The molecule has 1 aliphatic carbocycles. The molecule has 0 atom stereocenters. The smallest absolute Gasteiger partial charge is 0.163 e. The maximum atomic E-state index is 6.37. The summed E-state index contributed by atoms with van der Waals surface area (Å²) in [5, 5.41) is 0. The first-order chi connectivity index (χ1) is 16.6. The number of rotatable bonds is 11. The third-order valence-electron chi connectivity index (χ3n) is 6.23. The van der Waals surface area contributed by atoms with Gasteiger partial charge in [0.25, 0.3) is 0 Å². The molecule has 2 aromatic carbocycles. The van der Waals surface area contributed by atoms with Crippen molar-refractivity contribution < 1.29 is 14.2 Å². The maximum Gasteiger partial charge on any atom is 0.163 e. The highest BCUT2D eigenvalue weighted by Gasteiger charge is 2.20. The van der Waals surface area contributed by atoms with Crippen molar-refractivity contribution in [1.29, 1.82) is 0 Å². The average molecular weight is 461 g/mol. The summed E-state index contributed by atoms with van der Waals surface area (Å²) in [7, 11) is 1.70. The molecule has 4 rings (SSSR count). The fourth-order valence-electron chi connectivity index (χ4n) is 4.25. The van der Waals surface area contributed by atoms with E-state index in [0.29, 0.717) is 12.5 Å². The lowest BCUT2D eigenvalue weighted by Crippen LogP contribution is -2.17. The predicted octanol–water partition coefficient (Wildman–Crippen LogP) is 7.17. The minimum atomic E-state index is 0.262. The van der Waals surface area contributed by atoms with Crippen LogP contribution in [0, 0.1) is 5.92 Å². The van der Waals surface area contributed by atoms with E-state index in [0.717, 1.165) is 60.1 Å². The Morgan fingerprint density at radius 1 is 0.971 bits per heavy atom. The van der Waals surface area contributed by atoms with Crippen molar-refractivity contribution in [1.82, 2.24) is 4.98 Å². The predicted molar refractivity (Wildman–Crippen MR) is 137 cm³/mol. The van der Waals surface area contributed by atoms with Gasteiger partial charge in [-0.2, -0.15) is 0 Å². The Labute approximate surface area is 203 Å². The highest BCUT2D eigenvalue weighted by Crippen LogP contribution is 2.38. The molecule has 1 aromatic heterocycles. The molecule has 180 valence electrons. The standard InChI is InChI=1S/C29H36N2O3/c1-22(2)16-18-33-26-13-10-24(11-14-26)31(21-23-7-6-17-30-20-23)25-12-15-28(32-3)29(19-25)34-27-8-4-5-9-27/h6-7,10-15,17,19-20,22,27H,4-5,8-9,16,18,21H2,1-3H3. The summed E-state index contributed by atoms with van der Waals surface area (Å²) in [5.41, 5.74) is 3.26. The maximum absolute atomic E-state index is 6.37. The van der Waals surface area contributed by atoms with Gasteiger partial charge >= 0.3 is 0 Å². The van der Waals surface area contributed by atoms with Gasteiger partial charge in [0, 0.05) is 36.4 Å². The van der Waals surface area contributed by atoms with Crippen LogP contribution in [0.2, 0.25) is 0 Å². The number of nitrogens with zero attached hydrogens (tertiary/aromatic N) is 2. The molecule has 1 fully saturated rings. The van der Waals surface area contributed by atoms with E-state index >= 15 is 0 Å². The summed E-state index contributed by atoms with van der Waals surface area (Å²) < 4.78 is 17.9. The summed E-state index contributed by atoms with van der Waals surface area (Å²) in [4.78, 5) is 6.58. The normalized spacial score (nSPS) is 13.8. The van der Waals surface area contributed by atoms with Crippen molar-refractivity contribution >= 4 is 11.4 Å². The number of benzene rings is 2. The van der Waals surface area contributed by atoms with E-state index in [-0.39, 0.29) is 6.10 Å². The zero-order valence-corrected chi connectivity index (χ0v) is 20.6. The van der Waals surface area contributed by atoms with E-state index in [1.54, 1.807) is 13.3 Å². The van der Waals surface area contributed by atoms with Crippen molar-refractivity contribution in [2.45, 2.75) is 58.6 Å². The molecule has 5 heteroatoms. The first-order valence-electron chi connectivity index (χ1n) is 12.4. The van der Waals surface area contributed by atoms with Crippen molar-refractivity contribution in [3.8, 4) is 17.2 Å². The molecule has 0 aliphatic heterocycles. The molecule has 0 bridgehead atoms. The molecular weight excluding hydrogens is 424 g/mol. The van der Waals surface area contributed by atoms with Gasteiger partial charge in [0.2, 0.25) is 0 Å². The monoisotopic (exact) mass is 460 g/mol. The van der Waals surface area contributed by atoms with Crippen LogP contribution in [0.4, 0.5) is 11.4 Å². The number of methoxy groups -OCH3 is 1. The Hall–Kier alpha value is -3.21. The van der Waals surface area contributed by atoms with E-state index < -0.39 is 0 Å². The molecule has 0 N–H and O–H groups in total. The van der Waals surface area contributed by atoms with Crippen molar-refractivity contribution in [3.63, 3.8) is 0 Å². The number of pyridine rings is 1. The van der Waals surface area contributed by atoms with Crippen LogP contribution >= 0.6 is 0 Å². The van der Waals surface area contributed by atoms with Gasteiger partial charge in [0.15, 0.2) is 11.5 Å². The Morgan fingerprint density at radius 2 is 1.74 bits per heavy atom. The molecule has 3 aromatic rings. The molecule has 0 radical (unpaired) electrons. The lowest BCUT2D eigenvalue weighted by Gasteiger charge is -2.27. The second-order valence-corrected chi connectivity index (χ2v) is 9.33. The van der Waals surface area contributed by atoms with E-state index in [9.17, 15) is 0 Å². The molecule has 1 aliphatic rings. The second-order valence-electron chi connectivity index (χ2n) is 9.33. The van der Waals surface area contributed by atoms with Crippen LogP contribution in [-0.4, -0.2) is 24.8 Å². The molecule has 34 heavy (non-hydrogen) atoms. The van der Waals surface area contributed by atoms with Gasteiger partial charge in [-0.3, -0.25) is 4.98 Å². The number of anilines is 2. The number of hydrogen-bond donors (Lipinski definition) is 0. The van der Waals surface area contributed by atoms with Crippen molar-refractivity contribution in [3.05, 3.63) is 72.6 Å². The van der Waals surface area contributed by atoms with Crippen molar-refractivity contribution in [2.24, 2.45) is 5.92 Å². The van der Waals surface area contributed by atoms with Gasteiger partial charge in [-0.15, -0.1) is 0 Å². The Kier molecular flexibility index (Phi) is 8.29. The van der Waals surface area contributed by atoms with Crippen LogP contribution in [0.5, 0.6) is 17.2 Å². The summed E-state index contributed by atoms with van der Waals surface area (Å²) >= 11 is 0. The fraction of sp³-hybridized carbons (Fsp3) is 0.414. The van der Waals surface area contributed by atoms with E-state index in [2.05, 4.69) is 54.1 Å². The topological polar surface area (TPSA) is 43.8 Å². The Morgan fingerprint density at radius 3 is 2.41 bits per heavy atom. The molecule has 0 saturated heterocycles. The van der Waals surface area contributed by atoms with Gasteiger partial charge in [-0.05, 0) is 86.1 Å². The van der Waals surface area contributed by atoms with Gasteiger partial charge in [-0.25, -0.2) is 0 Å². The van der Waals surface area contributed by atoms with E-state index in [1.165, 1.54) is 12.8 Å². The third-order valence-corrected chi connectivity index (χ3v) is 6.23. The Balaban J connectivity index is 1.61. The van der Waals surface area contributed by atoms with Crippen LogP contribution in [0.15, 0.2) is 67.0 Å². The van der Waals surface area contributed by atoms with Crippen molar-refractivity contribution in [2.75, 3.05) is 18.6 Å². The molecule has 0 spiro atoms. The zero-order chi connectivity index (χ0) is 23.8. The SMILES string of the molecule is COc1ccc(N(Cc2cccnc2)c2ccc(OCCC(C)C)cc2)cc1OC1CCCC1. The fourth-order valence-corrected chi connectivity index (χ4v) is 4.25. The van der Waals surface area contributed by atoms with E-state index in [1.807, 2.05) is 30.5 Å². The molecule has 0 amide bonds. The van der Waals surface area contributed by atoms with Gasteiger partial charge in [-0.1, -0.05) is 19.9 Å². The van der Waals surface area contributed by atoms with E-state index in [4.69, 9.17) is 14.2 Å². The lowest BCUT2D eigenvalue weighted by atomic mass is 10.1. The first kappa shape index (κ1) is 23.9. The highest BCUT2D eigenvalue weighted by molar-refractivity contribution is 5.67. The largest absolute Gasteiger partial charge is 0.494 e. The molecule has 5 nitrogen and oxygen atoms in total.